The molecule has 0 spiro atoms. The van der Waals surface area contributed by atoms with Gasteiger partial charge in [-0.1, -0.05) is 13.8 Å². The zero-order valence-corrected chi connectivity index (χ0v) is 20.1. The minimum atomic E-state index is -3.28. The molecule has 1 aromatic carbocycles. The van der Waals surface area contributed by atoms with Gasteiger partial charge in [0.05, 0.1) is 12.3 Å². The number of guanidine groups is 1. The Hall–Kier alpha value is -1.14. The molecule has 0 bridgehead atoms. The van der Waals surface area contributed by atoms with E-state index in [2.05, 4.69) is 15.6 Å². The zero-order valence-electron chi connectivity index (χ0n) is 16.9. The summed E-state index contributed by atoms with van der Waals surface area (Å²) in [4.78, 5) is 4.42. The smallest absolute Gasteiger partial charge is 0.215 e. The van der Waals surface area contributed by atoms with Crippen molar-refractivity contribution >= 4 is 40.0 Å². The van der Waals surface area contributed by atoms with Gasteiger partial charge >= 0.3 is 0 Å². The second-order valence-electron chi connectivity index (χ2n) is 5.93. The molecule has 162 valence electrons. The van der Waals surface area contributed by atoms with E-state index < -0.39 is 10.0 Å². The summed E-state index contributed by atoms with van der Waals surface area (Å²) < 4.78 is 44.5. The number of hydrogen-bond acceptors (Lipinski definition) is 4. The molecule has 1 aromatic rings. The summed E-state index contributed by atoms with van der Waals surface area (Å²) in [5.74, 6) is 0.788. The van der Waals surface area contributed by atoms with Crippen molar-refractivity contribution in [1.82, 2.24) is 14.9 Å². The molecule has 0 aliphatic rings. The molecular weight excluding hydrogens is 498 g/mol. The summed E-state index contributed by atoms with van der Waals surface area (Å²) in [5, 5.41) is 6.11. The van der Waals surface area contributed by atoms with E-state index in [0.29, 0.717) is 37.9 Å². The number of benzene rings is 1. The van der Waals surface area contributed by atoms with Crippen LogP contribution >= 0.6 is 24.0 Å². The molecule has 0 amide bonds. The van der Waals surface area contributed by atoms with Crippen LogP contribution in [0.2, 0.25) is 0 Å². The highest BCUT2D eigenvalue weighted by molar-refractivity contribution is 14.0. The SMILES string of the molecule is CCNC(=NCC(C)Oc1ccc(F)cc1)NCCS(=O)(=O)N(CC)CC.I. The number of halogens is 2. The van der Waals surface area contributed by atoms with E-state index in [1.165, 1.54) is 16.4 Å². The first-order chi connectivity index (χ1) is 12.8. The lowest BCUT2D eigenvalue weighted by Gasteiger charge is -2.19. The maximum Gasteiger partial charge on any atom is 0.215 e. The van der Waals surface area contributed by atoms with Gasteiger partial charge in [-0.3, -0.25) is 0 Å². The predicted octanol–water partition coefficient (Wildman–Crippen LogP) is 2.44. The summed E-state index contributed by atoms with van der Waals surface area (Å²) in [5.41, 5.74) is 0. The van der Waals surface area contributed by atoms with Crippen LogP contribution in [0.4, 0.5) is 4.39 Å². The van der Waals surface area contributed by atoms with Crippen molar-refractivity contribution in [3.8, 4) is 5.75 Å². The van der Waals surface area contributed by atoms with Gasteiger partial charge in [0.2, 0.25) is 10.0 Å². The van der Waals surface area contributed by atoms with E-state index in [4.69, 9.17) is 4.74 Å². The van der Waals surface area contributed by atoms with Gasteiger partial charge in [0, 0.05) is 26.2 Å². The minimum absolute atomic E-state index is 0. The first kappa shape index (κ1) is 26.9. The molecule has 0 saturated carbocycles. The van der Waals surface area contributed by atoms with E-state index in [0.717, 1.165) is 0 Å². The molecule has 0 saturated heterocycles. The largest absolute Gasteiger partial charge is 0.489 e. The van der Waals surface area contributed by atoms with Crippen molar-refractivity contribution in [3.63, 3.8) is 0 Å². The fourth-order valence-corrected chi connectivity index (χ4v) is 3.79. The lowest BCUT2D eigenvalue weighted by atomic mass is 10.3. The quantitative estimate of drug-likeness (QED) is 0.261. The normalized spacial score (nSPS) is 13.0. The van der Waals surface area contributed by atoms with Crippen LogP contribution in [0.3, 0.4) is 0 Å². The van der Waals surface area contributed by atoms with Gasteiger partial charge in [0.25, 0.3) is 0 Å². The van der Waals surface area contributed by atoms with Crippen LogP contribution < -0.4 is 15.4 Å². The van der Waals surface area contributed by atoms with Gasteiger partial charge in [-0.2, -0.15) is 0 Å². The number of aliphatic imine (C=N–C) groups is 1. The van der Waals surface area contributed by atoms with Gasteiger partial charge in [0.15, 0.2) is 5.96 Å². The molecule has 0 aromatic heterocycles. The van der Waals surface area contributed by atoms with E-state index >= 15 is 0 Å². The van der Waals surface area contributed by atoms with Crippen LogP contribution in [-0.4, -0.2) is 63.3 Å². The highest BCUT2D eigenvalue weighted by Crippen LogP contribution is 2.13. The monoisotopic (exact) mass is 530 g/mol. The Kier molecular flexibility index (Phi) is 13.4. The summed E-state index contributed by atoms with van der Waals surface area (Å²) in [6.45, 7) is 9.65. The number of ether oxygens (including phenoxy) is 1. The van der Waals surface area contributed by atoms with Crippen molar-refractivity contribution < 1.29 is 17.5 Å². The highest BCUT2D eigenvalue weighted by atomic mass is 127. The first-order valence-electron chi connectivity index (χ1n) is 9.24. The Labute approximate surface area is 185 Å². The summed E-state index contributed by atoms with van der Waals surface area (Å²) in [7, 11) is -3.28. The van der Waals surface area contributed by atoms with Gasteiger partial charge in [0.1, 0.15) is 17.7 Å². The van der Waals surface area contributed by atoms with Gasteiger partial charge in [-0.05, 0) is 38.1 Å². The fraction of sp³-hybridized carbons (Fsp3) is 0.611. The third-order valence-electron chi connectivity index (χ3n) is 3.75. The van der Waals surface area contributed by atoms with Crippen molar-refractivity contribution in [3.05, 3.63) is 30.1 Å². The molecule has 10 heteroatoms. The Balaban J connectivity index is 0.00000729. The topological polar surface area (TPSA) is 83.0 Å². The molecule has 0 radical (unpaired) electrons. The average Bonchev–Trinajstić information content (AvgIpc) is 2.62. The lowest BCUT2D eigenvalue weighted by molar-refractivity contribution is 0.230. The molecular formula is C18H32FIN4O3S. The number of sulfonamides is 1. The number of hydrogen-bond donors (Lipinski definition) is 2. The lowest BCUT2D eigenvalue weighted by Crippen LogP contribution is -2.42. The molecule has 1 atom stereocenters. The predicted molar refractivity (Wildman–Crippen MR) is 123 cm³/mol. The van der Waals surface area contributed by atoms with Crippen LogP contribution in [-0.2, 0) is 10.0 Å². The summed E-state index contributed by atoms with van der Waals surface area (Å²) >= 11 is 0. The highest BCUT2D eigenvalue weighted by Gasteiger charge is 2.18. The Morgan fingerprint density at radius 3 is 2.32 bits per heavy atom. The van der Waals surface area contributed by atoms with E-state index in [1.54, 1.807) is 12.1 Å². The van der Waals surface area contributed by atoms with E-state index in [1.807, 2.05) is 27.7 Å². The maximum absolute atomic E-state index is 12.9. The number of nitrogens with one attached hydrogen (secondary N) is 2. The van der Waals surface area contributed by atoms with Crippen LogP contribution in [0.15, 0.2) is 29.3 Å². The fourth-order valence-electron chi connectivity index (χ4n) is 2.39. The Bertz CT molecular complexity index is 683. The minimum Gasteiger partial charge on any atom is -0.489 e. The van der Waals surface area contributed by atoms with Crippen molar-refractivity contribution in [2.45, 2.75) is 33.8 Å². The van der Waals surface area contributed by atoms with Gasteiger partial charge in [-0.25, -0.2) is 22.1 Å². The van der Waals surface area contributed by atoms with Crippen molar-refractivity contribution in [2.24, 2.45) is 4.99 Å². The third kappa shape index (κ3) is 9.87. The first-order valence-corrected chi connectivity index (χ1v) is 10.9. The molecule has 1 unspecified atom stereocenters. The number of rotatable bonds is 11. The van der Waals surface area contributed by atoms with E-state index in [-0.39, 0.29) is 48.2 Å². The van der Waals surface area contributed by atoms with Crippen molar-refractivity contribution in [2.75, 3.05) is 38.5 Å². The van der Waals surface area contributed by atoms with Gasteiger partial charge < -0.3 is 15.4 Å². The second-order valence-corrected chi connectivity index (χ2v) is 8.02. The van der Waals surface area contributed by atoms with Crippen LogP contribution in [0.25, 0.3) is 0 Å². The molecule has 0 fully saturated rings. The molecule has 0 heterocycles. The Morgan fingerprint density at radius 2 is 1.79 bits per heavy atom. The molecule has 1 rings (SSSR count). The molecule has 0 aliphatic carbocycles. The molecule has 28 heavy (non-hydrogen) atoms. The van der Waals surface area contributed by atoms with Crippen molar-refractivity contribution in [1.29, 1.82) is 0 Å². The second kappa shape index (κ2) is 13.9. The summed E-state index contributed by atoms with van der Waals surface area (Å²) in [6.07, 6.45) is -0.217. The molecule has 7 nitrogen and oxygen atoms in total. The Morgan fingerprint density at radius 1 is 1.18 bits per heavy atom. The standard InChI is InChI=1S/C18H31FN4O3S.HI/c1-5-20-18(21-12-13-27(24,25)23(6-2)7-3)22-14-15(4)26-17-10-8-16(19)9-11-17;/h8-11,15H,5-7,12-14H2,1-4H3,(H2,20,21,22);1H. The maximum atomic E-state index is 12.9. The third-order valence-corrected chi connectivity index (χ3v) is 5.78. The molecule has 2 N–H and O–H groups in total. The van der Waals surface area contributed by atoms with Gasteiger partial charge in [-0.15, -0.1) is 24.0 Å². The van der Waals surface area contributed by atoms with Crippen LogP contribution in [0.1, 0.15) is 27.7 Å². The average molecular weight is 530 g/mol. The number of nitrogens with zero attached hydrogens (tertiary/aromatic N) is 2. The molecule has 0 aliphatic heterocycles. The van der Waals surface area contributed by atoms with Crippen LogP contribution in [0.5, 0.6) is 5.75 Å². The summed E-state index contributed by atoms with van der Waals surface area (Å²) in [6, 6.07) is 5.81. The van der Waals surface area contributed by atoms with E-state index in [9.17, 15) is 12.8 Å². The van der Waals surface area contributed by atoms with Crippen LogP contribution in [0, 0.1) is 5.82 Å². The zero-order chi connectivity index (χ0) is 20.3.